The van der Waals surface area contributed by atoms with E-state index in [2.05, 4.69) is 18.2 Å². The standard InChI is InChI=1S/C20H12ClN3/c21-17-9-7-16(8-10-17)20(14-24)18(19(20,12-22)13-23)11-6-15-4-2-1-3-5-15/h1-11,18H/b11-6+/t18-,20-/m1/s1. The summed E-state index contributed by atoms with van der Waals surface area (Å²) in [5.74, 6) is -0.494. The van der Waals surface area contributed by atoms with Crippen molar-refractivity contribution in [3.8, 4) is 18.2 Å². The highest BCUT2D eigenvalue weighted by Gasteiger charge is 2.79. The van der Waals surface area contributed by atoms with Gasteiger partial charge in [-0.05, 0) is 23.3 Å². The Balaban J connectivity index is 2.06. The third-order valence-electron chi connectivity index (χ3n) is 4.58. The van der Waals surface area contributed by atoms with Crippen LogP contribution in [0.2, 0.25) is 5.02 Å². The molecule has 1 aliphatic rings. The predicted octanol–water partition coefficient (Wildman–Crippen LogP) is 4.48. The Morgan fingerprint density at radius 2 is 1.50 bits per heavy atom. The van der Waals surface area contributed by atoms with Crippen molar-refractivity contribution in [1.29, 1.82) is 15.8 Å². The lowest BCUT2D eigenvalue weighted by molar-refractivity contribution is 0.742. The van der Waals surface area contributed by atoms with E-state index in [0.29, 0.717) is 10.6 Å². The van der Waals surface area contributed by atoms with Crippen LogP contribution in [0.1, 0.15) is 11.1 Å². The number of halogens is 1. The molecule has 3 rings (SSSR count). The average Bonchev–Trinajstić information content (AvgIpc) is 3.23. The summed E-state index contributed by atoms with van der Waals surface area (Å²) in [6, 6.07) is 22.7. The minimum absolute atomic E-state index is 0.494. The number of allylic oxidation sites excluding steroid dienone is 1. The Morgan fingerprint density at radius 3 is 2.04 bits per heavy atom. The molecule has 2 aromatic rings. The normalized spacial score (nSPS) is 23.8. The van der Waals surface area contributed by atoms with E-state index < -0.39 is 16.7 Å². The highest BCUT2D eigenvalue weighted by molar-refractivity contribution is 6.30. The van der Waals surface area contributed by atoms with Crippen LogP contribution in [0.25, 0.3) is 6.08 Å². The molecule has 0 heterocycles. The van der Waals surface area contributed by atoms with E-state index >= 15 is 0 Å². The molecule has 0 amide bonds. The Morgan fingerprint density at radius 1 is 0.875 bits per heavy atom. The summed E-state index contributed by atoms with van der Waals surface area (Å²) < 4.78 is 0. The molecule has 0 unspecified atom stereocenters. The van der Waals surface area contributed by atoms with Crippen LogP contribution >= 0.6 is 11.6 Å². The molecular formula is C20H12ClN3. The molecule has 24 heavy (non-hydrogen) atoms. The van der Waals surface area contributed by atoms with E-state index in [0.717, 1.165) is 5.56 Å². The van der Waals surface area contributed by atoms with Gasteiger partial charge in [0.25, 0.3) is 0 Å². The monoisotopic (exact) mass is 329 g/mol. The van der Waals surface area contributed by atoms with Crippen LogP contribution in [0.15, 0.2) is 60.7 Å². The third kappa shape index (κ3) is 2.10. The van der Waals surface area contributed by atoms with Crippen LogP contribution in [-0.2, 0) is 5.41 Å². The van der Waals surface area contributed by atoms with Crippen LogP contribution in [0.5, 0.6) is 0 Å². The van der Waals surface area contributed by atoms with Crippen molar-refractivity contribution in [2.24, 2.45) is 11.3 Å². The van der Waals surface area contributed by atoms with Crippen LogP contribution < -0.4 is 0 Å². The number of nitriles is 3. The molecule has 0 radical (unpaired) electrons. The van der Waals surface area contributed by atoms with E-state index in [9.17, 15) is 15.8 Å². The van der Waals surface area contributed by atoms with Gasteiger partial charge < -0.3 is 0 Å². The zero-order valence-electron chi connectivity index (χ0n) is 12.6. The largest absolute Gasteiger partial charge is 0.197 e. The highest BCUT2D eigenvalue weighted by atomic mass is 35.5. The molecule has 2 atom stereocenters. The number of hydrogen-bond donors (Lipinski definition) is 0. The van der Waals surface area contributed by atoms with Crippen LogP contribution in [0.3, 0.4) is 0 Å². The van der Waals surface area contributed by atoms with Gasteiger partial charge >= 0.3 is 0 Å². The van der Waals surface area contributed by atoms with Crippen molar-refractivity contribution in [1.82, 2.24) is 0 Å². The summed E-state index contributed by atoms with van der Waals surface area (Å²) >= 11 is 5.91. The Hall–Kier alpha value is -3.06. The molecule has 1 saturated carbocycles. The van der Waals surface area contributed by atoms with E-state index in [1.54, 1.807) is 30.3 Å². The second kappa shape index (κ2) is 5.86. The van der Waals surface area contributed by atoms with E-state index in [1.807, 2.05) is 36.4 Å². The quantitative estimate of drug-likeness (QED) is 0.833. The molecular weight excluding hydrogens is 318 g/mol. The minimum Gasteiger partial charge on any atom is -0.197 e. The van der Waals surface area contributed by atoms with Gasteiger partial charge in [-0.25, -0.2) is 0 Å². The SMILES string of the molecule is N#CC1(C#N)[C@@H](/C=C/c2ccccc2)[C@@]1(C#N)c1ccc(Cl)cc1. The predicted molar refractivity (Wildman–Crippen MR) is 91.4 cm³/mol. The molecule has 0 saturated heterocycles. The summed E-state index contributed by atoms with van der Waals surface area (Å²) in [5, 5.41) is 29.6. The van der Waals surface area contributed by atoms with Crippen molar-refractivity contribution < 1.29 is 0 Å². The van der Waals surface area contributed by atoms with Gasteiger partial charge in [0.1, 0.15) is 5.41 Å². The van der Waals surface area contributed by atoms with Gasteiger partial charge in [-0.1, -0.05) is 66.2 Å². The molecule has 1 aliphatic carbocycles. The lowest BCUT2D eigenvalue weighted by Crippen LogP contribution is -2.14. The average molecular weight is 330 g/mol. The zero-order valence-corrected chi connectivity index (χ0v) is 13.4. The first kappa shape index (κ1) is 15.8. The molecule has 2 aromatic carbocycles. The zero-order chi connectivity index (χ0) is 17.2. The fourth-order valence-electron chi connectivity index (χ4n) is 3.25. The molecule has 1 fully saturated rings. The van der Waals surface area contributed by atoms with Crippen molar-refractivity contribution in [2.45, 2.75) is 5.41 Å². The van der Waals surface area contributed by atoms with E-state index in [1.165, 1.54) is 0 Å². The maximum atomic E-state index is 9.83. The number of nitrogens with zero attached hydrogens (tertiary/aromatic N) is 3. The molecule has 114 valence electrons. The number of hydrogen-bond acceptors (Lipinski definition) is 3. The smallest absolute Gasteiger partial charge is 0.175 e. The van der Waals surface area contributed by atoms with E-state index in [4.69, 9.17) is 11.6 Å². The van der Waals surface area contributed by atoms with Crippen LogP contribution in [0, 0.1) is 45.3 Å². The summed E-state index contributed by atoms with van der Waals surface area (Å²) in [4.78, 5) is 0. The summed E-state index contributed by atoms with van der Waals surface area (Å²) in [5.41, 5.74) is -0.968. The molecule has 4 heteroatoms. The van der Waals surface area contributed by atoms with E-state index in [-0.39, 0.29) is 0 Å². The fourth-order valence-corrected chi connectivity index (χ4v) is 3.37. The Bertz CT molecular complexity index is 897. The first-order valence-corrected chi connectivity index (χ1v) is 7.75. The Kier molecular flexibility index (Phi) is 3.86. The van der Waals surface area contributed by atoms with Gasteiger partial charge in [0.2, 0.25) is 0 Å². The second-order valence-corrected chi connectivity index (χ2v) is 6.14. The van der Waals surface area contributed by atoms with Gasteiger partial charge in [0.15, 0.2) is 5.41 Å². The molecule has 3 nitrogen and oxygen atoms in total. The van der Waals surface area contributed by atoms with Gasteiger partial charge in [-0.2, -0.15) is 15.8 Å². The molecule has 0 bridgehead atoms. The molecule has 0 aromatic heterocycles. The summed E-state index contributed by atoms with van der Waals surface area (Å²) in [7, 11) is 0. The minimum atomic E-state index is -1.39. The lowest BCUT2D eigenvalue weighted by atomic mass is 9.88. The van der Waals surface area contributed by atoms with Gasteiger partial charge in [-0.15, -0.1) is 0 Å². The summed E-state index contributed by atoms with van der Waals surface area (Å²) in [6.45, 7) is 0. The fraction of sp³-hybridized carbons (Fsp3) is 0.150. The second-order valence-electron chi connectivity index (χ2n) is 5.71. The van der Waals surface area contributed by atoms with Gasteiger partial charge in [0.05, 0.1) is 18.2 Å². The molecule has 0 spiro atoms. The first-order chi connectivity index (χ1) is 11.6. The summed E-state index contributed by atoms with van der Waals surface area (Å²) in [6.07, 6.45) is 3.64. The number of rotatable bonds is 3. The van der Waals surface area contributed by atoms with Crippen LogP contribution in [0.4, 0.5) is 0 Å². The van der Waals surface area contributed by atoms with Gasteiger partial charge in [-0.3, -0.25) is 0 Å². The third-order valence-corrected chi connectivity index (χ3v) is 4.83. The van der Waals surface area contributed by atoms with Crippen molar-refractivity contribution in [3.63, 3.8) is 0 Å². The maximum absolute atomic E-state index is 9.83. The van der Waals surface area contributed by atoms with Crippen molar-refractivity contribution >= 4 is 17.7 Å². The topological polar surface area (TPSA) is 71.4 Å². The van der Waals surface area contributed by atoms with Gasteiger partial charge in [0, 0.05) is 10.9 Å². The lowest BCUT2D eigenvalue weighted by Gasteiger charge is -2.09. The molecule has 0 aliphatic heterocycles. The molecule has 0 N–H and O–H groups in total. The highest BCUT2D eigenvalue weighted by Crippen LogP contribution is 2.69. The Labute approximate surface area is 145 Å². The maximum Gasteiger partial charge on any atom is 0.175 e. The van der Waals surface area contributed by atoms with Crippen molar-refractivity contribution in [2.75, 3.05) is 0 Å². The van der Waals surface area contributed by atoms with Crippen LogP contribution in [-0.4, -0.2) is 0 Å². The first-order valence-electron chi connectivity index (χ1n) is 7.37. The number of benzene rings is 2. The van der Waals surface area contributed by atoms with Crippen molar-refractivity contribution in [3.05, 3.63) is 76.8 Å².